The van der Waals surface area contributed by atoms with Gasteiger partial charge in [0.25, 0.3) is 0 Å². The van der Waals surface area contributed by atoms with E-state index >= 15 is 0 Å². The molecule has 0 unspecified atom stereocenters. The molecule has 0 aromatic rings. The number of carbonyl (C=O) groups excluding carboxylic acids is 2. The van der Waals surface area contributed by atoms with Gasteiger partial charge in [0.1, 0.15) is 0 Å². The molecule has 0 saturated heterocycles. The van der Waals surface area contributed by atoms with E-state index < -0.39 is 11.8 Å². The van der Waals surface area contributed by atoms with Gasteiger partial charge in [-0.2, -0.15) is 0 Å². The molecule has 0 aliphatic rings. The van der Waals surface area contributed by atoms with Crippen LogP contribution in [0, 0.1) is 0 Å². The summed E-state index contributed by atoms with van der Waals surface area (Å²) in [7, 11) is 0. The van der Waals surface area contributed by atoms with Gasteiger partial charge >= 0.3 is 0 Å². The molecule has 0 fully saturated rings. The third-order valence-electron chi connectivity index (χ3n) is 0.412. The Kier molecular flexibility index (Phi) is 7.60. The number of amides is 2. The van der Waals surface area contributed by atoms with Crippen LogP contribution in [0.15, 0.2) is 12.2 Å². The van der Waals surface area contributed by atoms with Crippen LogP contribution in [0.25, 0.3) is 0 Å². The van der Waals surface area contributed by atoms with E-state index in [4.69, 9.17) is 0 Å². The fourth-order valence-corrected chi connectivity index (χ4v) is 0.164. The van der Waals surface area contributed by atoms with Crippen LogP contribution >= 0.6 is 0 Å². The first-order valence-corrected chi connectivity index (χ1v) is 1.90. The second kappa shape index (κ2) is 5.91. The summed E-state index contributed by atoms with van der Waals surface area (Å²) >= 11 is 0. The normalized spacial score (nSPS) is 8.44. The monoisotopic (exact) mass is 203 g/mol. The van der Waals surface area contributed by atoms with Crippen LogP contribution in [0.3, 0.4) is 0 Å². The summed E-state index contributed by atoms with van der Waals surface area (Å²) in [5.74, 6) is -1.35. The summed E-state index contributed by atoms with van der Waals surface area (Å²) < 4.78 is 0. The Bertz CT molecular complexity index is 128. The summed E-state index contributed by atoms with van der Waals surface area (Å²) in [6, 6.07) is 0. The molecule has 0 aliphatic heterocycles. The molecular formula is C4H6N2O2Y. The Morgan fingerprint density at radius 2 is 1.22 bits per heavy atom. The number of hydrogen-bond donors (Lipinski definition) is 2. The van der Waals surface area contributed by atoms with E-state index in [2.05, 4.69) is 11.5 Å². The number of nitrogens with two attached hydrogens (primary N) is 2. The molecule has 0 atom stereocenters. The first kappa shape index (κ1) is 11.6. The molecule has 47 valence electrons. The van der Waals surface area contributed by atoms with Crippen molar-refractivity contribution >= 4 is 11.8 Å². The Morgan fingerprint density at radius 1 is 1.00 bits per heavy atom. The maximum absolute atomic E-state index is 9.83. The van der Waals surface area contributed by atoms with Crippen LogP contribution in [0.1, 0.15) is 0 Å². The summed E-state index contributed by atoms with van der Waals surface area (Å²) in [6.45, 7) is 0. The van der Waals surface area contributed by atoms with E-state index in [1.165, 1.54) is 0 Å². The van der Waals surface area contributed by atoms with Crippen molar-refractivity contribution in [3.63, 3.8) is 0 Å². The van der Waals surface area contributed by atoms with Gasteiger partial charge < -0.3 is 11.5 Å². The van der Waals surface area contributed by atoms with Crippen LogP contribution in [-0.4, -0.2) is 11.8 Å². The topological polar surface area (TPSA) is 86.2 Å². The van der Waals surface area contributed by atoms with Crippen LogP contribution in [-0.2, 0) is 42.3 Å². The Labute approximate surface area is 77.5 Å². The van der Waals surface area contributed by atoms with E-state index in [0.717, 1.165) is 12.2 Å². The van der Waals surface area contributed by atoms with E-state index in [1.54, 1.807) is 0 Å². The number of rotatable bonds is 2. The zero-order valence-electron chi connectivity index (χ0n) is 4.70. The third-order valence-corrected chi connectivity index (χ3v) is 0.412. The van der Waals surface area contributed by atoms with Gasteiger partial charge in [-0.05, 0) is 0 Å². The van der Waals surface area contributed by atoms with Crippen LogP contribution in [0.2, 0.25) is 0 Å². The quantitative estimate of drug-likeness (QED) is 0.535. The minimum atomic E-state index is -0.677. The second-order valence-electron chi connectivity index (χ2n) is 1.14. The molecule has 4 nitrogen and oxygen atoms in total. The second-order valence-corrected chi connectivity index (χ2v) is 1.14. The molecule has 0 bridgehead atoms. The SMILES string of the molecule is NC(=O)/C=C\C(N)=O.[Y]. The van der Waals surface area contributed by atoms with Gasteiger partial charge in [-0.15, -0.1) is 0 Å². The van der Waals surface area contributed by atoms with E-state index in [1.807, 2.05) is 0 Å². The fraction of sp³-hybridized carbons (Fsp3) is 0. The Hall–Kier alpha value is -0.216. The molecule has 0 aliphatic carbocycles. The molecule has 0 aromatic heterocycles. The zero-order valence-corrected chi connectivity index (χ0v) is 7.54. The number of primary amides is 2. The van der Waals surface area contributed by atoms with Gasteiger partial charge in [0, 0.05) is 44.9 Å². The molecule has 0 saturated carbocycles. The number of carbonyl (C=O) groups is 2. The first-order valence-electron chi connectivity index (χ1n) is 1.90. The number of hydrogen-bond acceptors (Lipinski definition) is 2. The predicted octanol–water partition coefficient (Wildman–Crippen LogP) is -1.49. The molecule has 2 amide bonds. The average Bonchev–Trinajstić information content (AvgIpc) is 1.61. The van der Waals surface area contributed by atoms with Crippen LogP contribution in [0.4, 0.5) is 0 Å². The van der Waals surface area contributed by atoms with Crippen molar-refractivity contribution in [2.45, 2.75) is 0 Å². The zero-order chi connectivity index (χ0) is 6.57. The first-order chi connectivity index (χ1) is 3.63. The molecular weight excluding hydrogens is 197 g/mol. The van der Waals surface area contributed by atoms with Gasteiger partial charge in [-0.25, -0.2) is 0 Å². The molecule has 0 rings (SSSR count). The van der Waals surface area contributed by atoms with E-state index in [-0.39, 0.29) is 32.7 Å². The smallest absolute Gasteiger partial charge is 0.241 e. The summed E-state index contributed by atoms with van der Waals surface area (Å²) in [5.41, 5.74) is 9.21. The third kappa shape index (κ3) is 11.4. The molecule has 0 heterocycles. The predicted molar refractivity (Wildman–Crippen MR) is 27.5 cm³/mol. The van der Waals surface area contributed by atoms with Crippen molar-refractivity contribution in [3.8, 4) is 0 Å². The van der Waals surface area contributed by atoms with Crippen molar-refractivity contribution in [2.75, 3.05) is 0 Å². The largest absolute Gasteiger partial charge is 0.366 e. The minimum Gasteiger partial charge on any atom is -0.366 e. The van der Waals surface area contributed by atoms with Gasteiger partial charge in [0.15, 0.2) is 0 Å². The summed E-state index contributed by atoms with van der Waals surface area (Å²) in [5, 5.41) is 0. The molecule has 9 heavy (non-hydrogen) atoms. The van der Waals surface area contributed by atoms with Gasteiger partial charge in [0.05, 0.1) is 0 Å². The van der Waals surface area contributed by atoms with Crippen molar-refractivity contribution in [1.82, 2.24) is 0 Å². The molecule has 0 aromatic carbocycles. The van der Waals surface area contributed by atoms with Crippen molar-refractivity contribution in [1.29, 1.82) is 0 Å². The van der Waals surface area contributed by atoms with Crippen LogP contribution in [0.5, 0.6) is 0 Å². The average molecular weight is 203 g/mol. The van der Waals surface area contributed by atoms with Crippen LogP contribution < -0.4 is 11.5 Å². The van der Waals surface area contributed by atoms with E-state index in [0.29, 0.717) is 0 Å². The molecule has 4 N–H and O–H groups in total. The minimum absolute atomic E-state index is 0. The van der Waals surface area contributed by atoms with E-state index in [9.17, 15) is 9.59 Å². The van der Waals surface area contributed by atoms with Gasteiger partial charge in [-0.3, -0.25) is 9.59 Å². The Balaban J connectivity index is 0. The van der Waals surface area contributed by atoms with Crippen molar-refractivity contribution in [3.05, 3.63) is 12.2 Å². The van der Waals surface area contributed by atoms with Gasteiger partial charge in [0.2, 0.25) is 11.8 Å². The Morgan fingerprint density at radius 3 is 1.33 bits per heavy atom. The fourth-order valence-electron chi connectivity index (χ4n) is 0.164. The molecule has 0 spiro atoms. The summed E-state index contributed by atoms with van der Waals surface area (Å²) in [6.07, 6.45) is 1.81. The van der Waals surface area contributed by atoms with Crippen molar-refractivity contribution in [2.24, 2.45) is 11.5 Å². The standard InChI is InChI=1S/C4H6N2O2.Y/c5-3(7)1-2-4(6)8;/h1-2H,(H2,5,7)(H2,6,8);/b2-1-;. The summed E-state index contributed by atoms with van der Waals surface area (Å²) in [4.78, 5) is 19.7. The van der Waals surface area contributed by atoms with Gasteiger partial charge in [-0.1, -0.05) is 0 Å². The maximum Gasteiger partial charge on any atom is 0.241 e. The molecule has 5 heteroatoms. The van der Waals surface area contributed by atoms with Crippen molar-refractivity contribution < 1.29 is 42.3 Å². The molecule has 1 radical (unpaired) electrons. The maximum atomic E-state index is 9.83.